The Morgan fingerprint density at radius 3 is 2.07 bits per heavy atom. The van der Waals surface area contributed by atoms with E-state index in [-0.39, 0.29) is 11.8 Å². The van der Waals surface area contributed by atoms with Gasteiger partial charge in [-0.05, 0) is 54.1 Å². The first-order valence-electron chi connectivity index (χ1n) is 9.03. The van der Waals surface area contributed by atoms with E-state index in [1.165, 1.54) is 6.92 Å². The third kappa shape index (κ3) is 5.77. The molecule has 0 aromatic heterocycles. The van der Waals surface area contributed by atoms with Gasteiger partial charge in [0, 0.05) is 24.7 Å². The Labute approximate surface area is 168 Å². The van der Waals surface area contributed by atoms with Crippen LogP contribution in [0.15, 0.2) is 78.9 Å². The fraction of sp³-hybridized carbons (Fsp3) is 0.0870. The summed E-state index contributed by atoms with van der Waals surface area (Å²) in [4.78, 5) is 35.4. The number of benzene rings is 3. The van der Waals surface area contributed by atoms with Crippen molar-refractivity contribution in [3.8, 4) is 5.75 Å². The fourth-order valence-electron chi connectivity index (χ4n) is 2.55. The maximum Gasteiger partial charge on any atom is 0.343 e. The second-order valence-corrected chi connectivity index (χ2v) is 6.34. The van der Waals surface area contributed by atoms with Crippen LogP contribution in [-0.2, 0) is 11.3 Å². The average molecular weight is 388 g/mol. The van der Waals surface area contributed by atoms with Crippen molar-refractivity contribution in [2.24, 2.45) is 0 Å². The topological polar surface area (TPSA) is 84.5 Å². The highest BCUT2D eigenvalue weighted by molar-refractivity contribution is 6.04. The maximum absolute atomic E-state index is 12.3. The molecule has 0 aliphatic heterocycles. The van der Waals surface area contributed by atoms with E-state index in [1.807, 2.05) is 6.07 Å². The molecular weight excluding hydrogens is 368 g/mol. The number of carbonyl (C=O) groups is 3. The molecule has 3 rings (SSSR count). The van der Waals surface area contributed by atoms with Crippen LogP contribution in [0, 0.1) is 0 Å². The van der Waals surface area contributed by atoms with Crippen LogP contribution in [0.3, 0.4) is 0 Å². The summed E-state index contributed by atoms with van der Waals surface area (Å²) in [5.41, 5.74) is 2.44. The minimum absolute atomic E-state index is 0.114. The lowest BCUT2D eigenvalue weighted by atomic mass is 10.1. The average Bonchev–Trinajstić information content (AvgIpc) is 2.74. The molecule has 0 spiro atoms. The third-order valence-corrected chi connectivity index (χ3v) is 4.09. The summed E-state index contributed by atoms with van der Waals surface area (Å²) in [5.74, 6) is -0.446. The van der Waals surface area contributed by atoms with Gasteiger partial charge in [-0.15, -0.1) is 0 Å². The standard InChI is InChI=1S/C23H20N2O4/c1-16(26)24-15-17-7-9-19(10-8-17)23(28)29-21-13-11-20(12-14-21)25-22(27)18-5-3-2-4-6-18/h2-14H,15H2,1H3,(H,24,26)(H,25,27). The van der Waals surface area contributed by atoms with E-state index in [4.69, 9.17) is 4.74 Å². The first-order chi connectivity index (χ1) is 14.0. The zero-order valence-corrected chi connectivity index (χ0v) is 15.8. The lowest BCUT2D eigenvalue weighted by Gasteiger charge is -2.08. The van der Waals surface area contributed by atoms with Crippen molar-refractivity contribution in [1.29, 1.82) is 0 Å². The third-order valence-electron chi connectivity index (χ3n) is 4.09. The van der Waals surface area contributed by atoms with Crippen LogP contribution in [0.5, 0.6) is 5.75 Å². The van der Waals surface area contributed by atoms with Crippen molar-refractivity contribution < 1.29 is 19.1 Å². The molecule has 6 heteroatoms. The Morgan fingerprint density at radius 2 is 1.45 bits per heavy atom. The van der Waals surface area contributed by atoms with Crippen LogP contribution in [-0.4, -0.2) is 17.8 Å². The molecule has 3 aromatic carbocycles. The number of anilines is 1. The van der Waals surface area contributed by atoms with Crippen molar-refractivity contribution in [1.82, 2.24) is 5.32 Å². The van der Waals surface area contributed by atoms with Gasteiger partial charge in [-0.3, -0.25) is 9.59 Å². The summed E-state index contributed by atoms with van der Waals surface area (Å²) in [6.45, 7) is 1.85. The number of hydrogen-bond donors (Lipinski definition) is 2. The fourth-order valence-corrected chi connectivity index (χ4v) is 2.55. The number of nitrogens with one attached hydrogen (secondary N) is 2. The lowest BCUT2D eigenvalue weighted by molar-refractivity contribution is -0.119. The number of hydrogen-bond acceptors (Lipinski definition) is 4. The van der Waals surface area contributed by atoms with Gasteiger partial charge in [-0.2, -0.15) is 0 Å². The van der Waals surface area contributed by atoms with Crippen LogP contribution in [0.1, 0.15) is 33.2 Å². The van der Waals surface area contributed by atoms with E-state index < -0.39 is 5.97 Å². The molecular formula is C23H20N2O4. The summed E-state index contributed by atoms with van der Waals surface area (Å²) in [6, 6.07) is 22.3. The van der Waals surface area contributed by atoms with E-state index in [0.29, 0.717) is 29.1 Å². The Bertz CT molecular complexity index is 997. The highest BCUT2D eigenvalue weighted by Gasteiger charge is 2.10. The van der Waals surface area contributed by atoms with Crippen molar-refractivity contribution in [2.45, 2.75) is 13.5 Å². The van der Waals surface area contributed by atoms with Gasteiger partial charge in [0.15, 0.2) is 0 Å². The molecule has 2 N–H and O–H groups in total. The predicted octanol–water partition coefficient (Wildman–Crippen LogP) is 3.79. The molecule has 0 unspecified atom stereocenters. The van der Waals surface area contributed by atoms with E-state index in [0.717, 1.165) is 5.56 Å². The van der Waals surface area contributed by atoms with Gasteiger partial charge in [0.2, 0.25) is 5.91 Å². The highest BCUT2D eigenvalue weighted by Crippen LogP contribution is 2.18. The van der Waals surface area contributed by atoms with E-state index in [2.05, 4.69) is 10.6 Å². The first-order valence-corrected chi connectivity index (χ1v) is 9.03. The monoisotopic (exact) mass is 388 g/mol. The van der Waals surface area contributed by atoms with Crippen LogP contribution < -0.4 is 15.4 Å². The molecule has 3 aromatic rings. The second kappa shape index (κ2) is 9.32. The number of rotatable bonds is 6. The lowest BCUT2D eigenvalue weighted by Crippen LogP contribution is -2.19. The Morgan fingerprint density at radius 1 is 0.793 bits per heavy atom. The molecule has 0 bridgehead atoms. The van der Waals surface area contributed by atoms with Crippen LogP contribution in [0.25, 0.3) is 0 Å². The quantitative estimate of drug-likeness (QED) is 0.497. The molecule has 0 heterocycles. The smallest absolute Gasteiger partial charge is 0.343 e. The number of esters is 1. The van der Waals surface area contributed by atoms with Crippen molar-refractivity contribution >= 4 is 23.5 Å². The van der Waals surface area contributed by atoms with Crippen LogP contribution >= 0.6 is 0 Å². The number of ether oxygens (including phenoxy) is 1. The molecule has 0 atom stereocenters. The molecule has 0 aliphatic rings. The molecule has 0 saturated heterocycles. The van der Waals surface area contributed by atoms with Crippen LogP contribution in [0.2, 0.25) is 0 Å². The summed E-state index contributed by atoms with van der Waals surface area (Å²) in [7, 11) is 0. The van der Waals surface area contributed by atoms with Crippen molar-refractivity contribution in [3.05, 3.63) is 95.6 Å². The normalized spacial score (nSPS) is 10.1. The summed E-state index contributed by atoms with van der Waals surface area (Å²) >= 11 is 0. The Kier molecular flexibility index (Phi) is 6.37. The number of amides is 2. The highest BCUT2D eigenvalue weighted by atomic mass is 16.5. The van der Waals surface area contributed by atoms with Gasteiger partial charge in [-0.1, -0.05) is 30.3 Å². The number of carbonyl (C=O) groups excluding carboxylic acids is 3. The largest absolute Gasteiger partial charge is 0.423 e. The van der Waals surface area contributed by atoms with Crippen LogP contribution in [0.4, 0.5) is 5.69 Å². The van der Waals surface area contributed by atoms with Gasteiger partial charge in [-0.25, -0.2) is 4.79 Å². The molecule has 2 amide bonds. The molecule has 146 valence electrons. The predicted molar refractivity (Wildman–Crippen MR) is 110 cm³/mol. The first kappa shape index (κ1) is 19.8. The molecule has 0 aliphatic carbocycles. The van der Waals surface area contributed by atoms with E-state index in [1.54, 1.807) is 72.8 Å². The zero-order valence-electron chi connectivity index (χ0n) is 15.8. The van der Waals surface area contributed by atoms with Gasteiger partial charge < -0.3 is 15.4 Å². The molecule has 0 fully saturated rings. The SMILES string of the molecule is CC(=O)NCc1ccc(C(=O)Oc2ccc(NC(=O)c3ccccc3)cc2)cc1. The van der Waals surface area contributed by atoms with Crippen molar-refractivity contribution in [2.75, 3.05) is 5.32 Å². The Balaban J connectivity index is 1.57. The van der Waals surface area contributed by atoms with E-state index in [9.17, 15) is 14.4 Å². The molecule has 0 saturated carbocycles. The van der Waals surface area contributed by atoms with Crippen molar-refractivity contribution in [3.63, 3.8) is 0 Å². The van der Waals surface area contributed by atoms with E-state index >= 15 is 0 Å². The molecule has 6 nitrogen and oxygen atoms in total. The molecule has 29 heavy (non-hydrogen) atoms. The zero-order chi connectivity index (χ0) is 20.6. The maximum atomic E-state index is 12.3. The Hall–Kier alpha value is -3.93. The van der Waals surface area contributed by atoms with Gasteiger partial charge >= 0.3 is 5.97 Å². The summed E-state index contributed by atoms with van der Waals surface area (Å²) < 4.78 is 5.36. The second-order valence-electron chi connectivity index (χ2n) is 6.34. The minimum Gasteiger partial charge on any atom is -0.423 e. The van der Waals surface area contributed by atoms with Gasteiger partial charge in [0.1, 0.15) is 5.75 Å². The van der Waals surface area contributed by atoms with Gasteiger partial charge in [0.25, 0.3) is 5.91 Å². The summed E-state index contributed by atoms with van der Waals surface area (Å²) in [6.07, 6.45) is 0. The minimum atomic E-state index is -0.489. The molecule has 0 radical (unpaired) electrons. The van der Waals surface area contributed by atoms with Gasteiger partial charge in [0.05, 0.1) is 5.56 Å². The summed E-state index contributed by atoms with van der Waals surface area (Å²) in [5, 5.41) is 5.48.